The van der Waals surface area contributed by atoms with Gasteiger partial charge in [0.1, 0.15) is 22.7 Å². The number of fused-ring (bicyclic) bond motifs is 5. The fraction of sp³-hybridized carbons (Fsp3) is 0. The van der Waals surface area contributed by atoms with E-state index in [1.54, 1.807) is 12.1 Å². The van der Waals surface area contributed by atoms with E-state index in [1.165, 1.54) is 0 Å². The first-order valence-electron chi connectivity index (χ1n) is 7.22. The van der Waals surface area contributed by atoms with Crippen LogP contribution in [0.1, 0.15) is 11.1 Å². The highest BCUT2D eigenvalue weighted by atomic mass is 16.3. The van der Waals surface area contributed by atoms with Gasteiger partial charge in [-0.3, -0.25) is 0 Å². The SMILES string of the molecule is C=Cc1cc2oc3c4ccccc4c(O)cc3c2cc1C(=C)O. The van der Waals surface area contributed by atoms with E-state index < -0.39 is 0 Å². The normalized spacial score (nSPS) is 11.3. The third kappa shape index (κ3) is 1.83. The molecule has 0 saturated carbocycles. The van der Waals surface area contributed by atoms with E-state index in [-0.39, 0.29) is 11.5 Å². The molecule has 0 aliphatic heterocycles. The van der Waals surface area contributed by atoms with E-state index in [4.69, 9.17) is 4.42 Å². The standard InChI is InChI=1S/C20H14O3/c1-3-12-8-19-16(9-15(12)11(2)21)17-10-18(22)13-6-4-5-7-14(13)20(17)23-19/h3-10,21-22H,1-2H2. The summed E-state index contributed by atoms with van der Waals surface area (Å²) in [7, 11) is 0. The Kier molecular flexibility index (Phi) is 2.72. The van der Waals surface area contributed by atoms with Crippen LogP contribution < -0.4 is 0 Å². The topological polar surface area (TPSA) is 53.6 Å². The molecule has 1 aromatic heterocycles. The highest BCUT2D eigenvalue weighted by Crippen LogP contribution is 2.39. The summed E-state index contributed by atoms with van der Waals surface area (Å²) in [6.07, 6.45) is 1.65. The van der Waals surface area contributed by atoms with Crippen molar-refractivity contribution in [3.63, 3.8) is 0 Å². The van der Waals surface area contributed by atoms with Gasteiger partial charge in [0.25, 0.3) is 0 Å². The van der Waals surface area contributed by atoms with Crippen LogP contribution in [0.3, 0.4) is 0 Å². The molecule has 0 atom stereocenters. The number of aliphatic hydroxyl groups excluding tert-OH is 1. The zero-order chi connectivity index (χ0) is 16.1. The molecule has 3 aromatic carbocycles. The molecule has 0 radical (unpaired) electrons. The van der Waals surface area contributed by atoms with Crippen LogP contribution >= 0.6 is 0 Å². The summed E-state index contributed by atoms with van der Waals surface area (Å²) in [6, 6.07) is 12.9. The first-order chi connectivity index (χ1) is 11.1. The molecule has 2 N–H and O–H groups in total. The van der Waals surface area contributed by atoms with E-state index in [9.17, 15) is 10.2 Å². The summed E-state index contributed by atoms with van der Waals surface area (Å²) >= 11 is 0. The van der Waals surface area contributed by atoms with Crippen molar-refractivity contribution < 1.29 is 14.6 Å². The number of hydrogen-bond donors (Lipinski definition) is 2. The predicted octanol–water partition coefficient (Wildman–Crippen LogP) is 5.62. The quantitative estimate of drug-likeness (QED) is 0.473. The van der Waals surface area contributed by atoms with Crippen LogP contribution in [-0.4, -0.2) is 10.2 Å². The van der Waals surface area contributed by atoms with Crippen LogP contribution in [0.5, 0.6) is 5.75 Å². The Labute approximate surface area is 132 Å². The van der Waals surface area contributed by atoms with Crippen molar-refractivity contribution in [2.24, 2.45) is 0 Å². The Morgan fingerprint density at radius 3 is 2.43 bits per heavy atom. The van der Waals surface area contributed by atoms with E-state index in [2.05, 4.69) is 13.2 Å². The minimum Gasteiger partial charge on any atom is -0.508 e. The summed E-state index contributed by atoms with van der Waals surface area (Å²) in [5.74, 6) is 0.175. The number of phenols is 1. The Morgan fingerprint density at radius 2 is 1.74 bits per heavy atom. The fourth-order valence-electron chi connectivity index (χ4n) is 3.06. The summed E-state index contributed by atoms with van der Waals surface area (Å²) in [4.78, 5) is 0. The lowest BCUT2D eigenvalue weighted by molar-refractivity contribution is 0.482. The summed E-state index contributed by atoms with van der Waals surface area (Å²) < 4.78 is 6.03. The number of aliphatic hydroxyl groups is 1. The second-order valence-corrected chi connectivity index (χ2v) is 5.51. The van der Waals surface area contributed by atoms with Crippen molar-refractivity contribution in [3.05, 3.63) is 66.7 Å². The number of rotatable bonds is 2. The largest absolute Gasteiger partial charge is 0.508 e. The van der Waals surface area contributed by atoms with Crippen LogP contribution in [0.4, 0.5) is 0 Å². The number of phenolic OH excluding ortho intramolecular Hbond substituents is 1. The molecule has 0 aliphatic carbocycles. The van der Waals surface area contributed by atoms with Gasteiger partial charge in [-0.05, 0) is 23.8 Å². The molecule has 0 aliphatic rings. The second-order valence-electron chi connectivity index (χ2n) is 5.51. The van der Waals surface area contributed by atoms with E-state index in [1.807, 2.05) is 36.4 Å². The molecule has 0 unspecified atom stereocenters. The predicted molar refractivity (Wildman–Crippen MR) is 94.6 cm³/mol. The summed E-state index contributed by atoms with van der Waals surface area (Å²) in [6.45, 7) is 7.37. The van der Waals surface area contributed by atoms with Crippen LogP contribution in [0.25, 0.3) is 44.5 Å². The van der Waals surface area contributed by atoms with Crippen molar-refractivity contribution in [3.8, 4) is 5.75 Å². The smallest absolute Gasteiger partial charge is 0.143 e. The molecular weight excluding hydrogens is 288 g/mol. The van der Waals surface area contributed by atoms with E-state index in [0.29, 0.717) is 16.7 Å². The van der Waals surface area contributed by atoms with Crippen molar-refractivity contribution >= 4 is 44.5 Å². The lowest BCUT2D eigenvalue weighted by Gasteiger charge is -2.04. The maximum atomic E-state index is 10.3. The van der Waals surface area contributed by atoms with Crippen LogP contribution in [0.15, 0.2) is 60.0 Å². The number of aromatic hydroxyl groups is 1. The van der Waals surface area contributed by atoms with Gasteiger partial charge in [0.2, 0.25) is 0 Å². The van der Waals surface area contributed by atoms with Gasteiger partial charge in [-0.1, -0.05) is 43.5 Å². The molecular formula is C20H14O3. The molecule has 0 amide bonds. The molecule has 0 bridgehead atoms. The van der Waals surface area contributed by atoms with Gasteiger partial charge in [-0.25, -0.2) is 0 Å². The van der Waals surface area contributed by atoms with Gasteiger partial charge in [0.05, 0.1) is 0 Å². The minimum absolute atomic E-state index is 0.0267. The Balaban J connectivity index is 2.23. The average molecular weight is 302 g/mol. The third-order valence-corrected chi connectivity index (χ3v) is 4.16. The number of furan rings is 1. The van der Waals surface area contributed by atoms with E-state index >= 15 is 0 Å². The average Bonchev–Trinajstić information content (AvgIpc) is 2.91. The van der Waals surface area contributed by atoms with E-state index in [0.717, 1.165) is 27.1 Å². The van der Waals surface area contributed by atoms with Gasteiger partial charge < -0.3 is 14.6 Å². The number of hydrogen-bond acceptors (Lipinski definition) is 3. The van der Waals surface area contributed by atoms with Gasteiger partial charge in [0, 0.05) is 27.1 Å². The third-order valence-electron chi connectivity index (χ3n) is 4.16. The lowest BCUT2D eigenvalue weighted by Crippen LogP contribution is -1.86. The lowest BCUT2D eigenvalue weighted by atomic mass is 10.0. The molecule has 4 rings (SSSR count). The van der Waals surface area contributed by atoms with Gasteiger partial charge in [-0.2, -0.15) is 0 Å². The van der Waals surface area contributed by atoms with Crippen molar-refractivity contribution in [1.82, 2.24) is 0 Å². The minimum atomic E-state index is -0.0267. The monoisotopic (exact) mass is 302 g/mol. The molecule has 1 heterocycles. The van der Waals surface area contributed by atoms with Gasteiger partial charge in [-0.15, -0.1) is 0 Å². The Morgan fingerprint density at radius 1 is 1.00 bits per heavy atom. The van der Waals surface area contributed by atoms with Crippen molar-refractivity contribution in [1.29, 1.82) is 0 Å². The molecule has 4 aromatic rings. The fourth-order valence-corrected chi connectivity index (χ4v) is 3.06. The summed E-state index contributed by atoms with van der Waals surface area (Å²) in [5.41, 5.74) is 2.74. The maximum Gasteiger partial charge on any atom is 0.143 e. The highest BCUT2D eigenvalue weighted by Gasteiger charge is 2.15. The first kappa shape index (κ1) is 13.5. The molecule has 0 spiro atoms. The van der Waals surface area contributed by atoms with Crippen molar-refractivity contribution in [2.45, 2.75) is 0 Å². The van der Waals surface area contributed by atoms with Crippen molar-refractivity contribution in [2.75, 3.05) is 0 Å². The molecule has 3 nitrogen and oxygen atoms in total. The molecule has 23 heavy (non-hydrogen) atoms. The zero-order valence-corrected chi connectivity index (χ0v) is 12.3. The molecule has 0 fully saturated rings. The molecule has 0 saturated heterocycles. The Hall–Kier alpha value is -3.20. The molecule has 3 heteroatoms. The van der Waals surface area contributed by atoms with Crippen LogP contribution in [0.2, 0.25) is 0 Å². The van der Waals surface area contributed by atoms with Gasteiger partial charge in [0.15, 0.2) is 0 Å². The highest BCUT2D eigenvalue weighted by molar-refractivity contribution is 6.17. The van der Waals surface area contributed by atoms with Crippen LogP contribution in [-0.2, 0) is 0 Å². The van der Waals surface area contributed by atoms with Gasteiger partial charge >= 0.3 is 0 Å². The zero-order valence-electron chi connectivity index (χ0n) is 12.3. The number of benzene rings is 3. The Bertz CT molecular complexity index is 1120. The second kappa shape index (κ2) is 4.65. The first-order valence-corrected chi connectivity index (χ1v) is 7.22. The summed E-state index contributed by atoms with van der Waals surface area (Å²) in [5, 5.41) is 23.3. The molecule has 112 valence electrons. The van der Waals surface area contributed by atoms with Crippen LogP contribution in [0, 0.1) is 0 Å². The maximum absolute atomic E-state index is 10.3.